The number of fused-ring (bicyclic) bond motifs is 2. The van der Waals surface area contributed by atoms with Gasteiger partial charge in [-0.2, -0.15) is 0 Å². The van der Waals surface area contributed by atoms with E-state index >= 15 is 0 Å². The third kappa shape index (κ3) is 4.19. The van der Waals surface area contributed by atoms with Crippen LogP contribution in [0.1, 0.15) is 37.4 Å². The molecule has 0 saturated carbocycles. The molecule has 1 aliphatic carbocycles. The van der Waals surface area contributed by atoms with Crippen LogP contribution in [0, 0.1) is 6.92 Å². The topological polar surface area (TPSA) is 148 Å². The molecule has 2 aromatic carbocycles. The number of amides is 1. The first-order valence-corrected chi connectivity index (χ1v) is 8.68. The highest BCUT2D eigenvalue weighted by molar-refractivity contribution is 6.30. The van der Waals surface area contributed by atoms with Crippen molar-refractivity contribution in [2.24, 2.45) is 17.2 Å². The Kier molecular flexibility index (Phi) is 7.25. The van der Waals surface area contributed by atoms with Crippen molar-refractivity contribution >= 4 is 18.0 Å². The molecule has 0 atom stereocenters. The number of benzene rings is 2. The zero-order chi connectivity index (χ0) is 20.7. The maximum Gasteiger partial charge on any atom is 0.204 e. The second kappa shape index (κ2) is 9.63. The third-order valence-corrected chi connectivity index (χ3v) is 3.97. The molecule has 2 aromatic rings. The zero-order valence-corrected chi connectivity index (χ0v) is 15.6. The van der Waals surface area contributed by atoms with Gasteiger partial charge in [-0.1, -0.05) is 12.1 Å². The molecule has 8 heteroatoms. The van der Waals surface area contributed by atoms with E-state index in [0.717, 1.165) is 5.56 Å². The van der Waals surface area contributed by atoms with E-state index < -0.39 is 0 Å². The summed E-state index contributed by atoms with van der Waals surface area (Å²) in [7, 11) is 0. The molecule has 3 rings (SSSR count). The van der Waals surface area contributed by atoms with Crippen molar-refractivity contribution < 1.29 is 23.9 Å². The van der Waals surface area contributed by atoms with Gasteiger partial charge in [-0.05, 0) is 30.7 Å². The summed E-state index contributed by atoms with van der Waals surface area (Å²) in [6.45, 7) is 2.99. The van der Waals surface area contributed by atoms with Gasteiger partial charge in [0.1, 0.15) is 24.7 Å². The van der Waals surface area contributed by atoms with E-state index in [4.69, 9.17) is 25.7 Å². The minimum Gasteiger partial charge on any atom is -0.491 e. The minimum absolute atomic E-state index is 0.218. The fourth-order valence-electron chi connectivity index (χ4n) is 2.96. The van der Waals surface area contributed by atoms with Gasteiger partial charge in [0, 0.05) is 24.2 Å². The van der Waals surface area contributed by atoms with Crippen LogP contribution in [0.5, 0.6) is 11.5 Å². The quantitative estimate of drug-likeness (QED) is 0.525. The molecule has 0 unspecified atom stereocenters. The van der Waals surface area contributed by atoms with Crippen molar-refractivity contribution in [3.8, 4) is 11.5 Å². The first-order chi connectivity index (χ1) is 13.5. The van der Waals surface area contributed by atoms with Crippen LogP contribution in [-0.4, -0.2) is 44.3 Å². The van der Waals surface area contributed by atoms with E-state index in [0.29, 0.717) is 35.7 Å². The summed E-state index contributed by atoms with van der Waals surface area (Å²) in [6.07, 6.45) is 0.250. The maximum absolute atomic E-state index is 13.2. The van der Waals surface area contributed by atoms with Crippen molar-refractivity contribution in [2.45, 2.75) is 6.92 Å². The van der Waals surface area contributed by atoms with Gasteiger partial charge in [-0.15, -0.1) is 0 Å². The Bertz CT molecular complexity index is 896. The van der Waals surface area contributed by atoms with Crippen LogP contribution in [0.25, 0.3) is 0 Å². The van der Waals surface area contributed by atoms with Crippen molar-refractivity contribution in [1.29, 1.82) is 0 Å². The van der Waals surface area contributed by atoms with Gasteiger partial charge in [0.15, 0.2) is 5.78 Å². The van der Waals surface area contributed by atoms with Crippen molar-refractivity contribution in [3.05, 3.63) is 58.1 Å². The molecule has 0 bridgehead atoms. The Hall–Kier alpha value is -3.23. The number of ketones is 2. The van der Waals surface area contributed by atoms with Gasteiger partial charge < -0.3 is 26.7 Å². The summed E-state index contributed by atoms with van der Waals surface area (Å²) >= 11 is 0. The lowest BCUT2D eigenvalue weighted by molar-refractivity contribution is -0.106. The minimum atomic E-state index is -0.288. The molecule has 0 saturated heterocycles. The molecule has 1 aliphatic rings. The Morgan fingerprint density at radius 2 is 1.46 bits per heavy atom. The van der Waals surface area contributed by atoms with Crippen LogP contribution in [0.4, 0.5) is 0 Å². The largest absolute Gasteiger partial charge is 0.491 e. The Morgan fingerprint density at radius 1 is 0.893 bits per heavy atom. The molecule has 1 amide bonds. The molecule has 6 N–H and O–H groups in total. The van der Waals surface area contributed by atoms with Crippen LogP contribution in [0.15, 0.2) is 30.3 Å². The molecule has 8 nitrogen and oxygen atoms in total. The van der Waals surface area contributed by atoms with Crippen molar-refractivity contribution in [3.63, 3.8) is 0 Å². The molecule has 0 spiro atoms. The van der Waals surface area contributed by atoms with Gasteiger partial charge in [-0.3, -0.25) is 14.4 Å². The zero-order valence-electron chi connectivity index (χ0n) is 15.6. The Labute approximate surface area is 162 Å². The molecule has 0 heterocycles. The van der Waals surface area contributed by atoms with Crippen LogP contribution in [-0.2, 0) is 4.79 Å². The summed E-state index contributed by atoms with van der Waals surface area (Å²) in [5.74, 6) is 0.226. The van der Waals surface area contributed by atoms with E-state index in [1.807, 2.05) is 6.92 Å². The molecule has 28 heavy (non-hydrogen) atoms. The third-order valence-electron chi connectivity index (χ3n) is 3.97. The summed E-state index contributed by atoms with van der Waals surface area (Å²) in [4.78, 5) is 34.7. The number of nitrogens with two attached hydrogens (primary N) is 3. The molecule has 0 fully saturated rings. The first-order valence-electron chi connectivity index (χ1n) is 8.68. The number of primary amides is 1. The lowest BCUT2D eigenvalue weighted by Gasteiger charge is -2.22. The standard InChI is InChI=1S/C19H20N2O4.CH3NO/c1-11-9-13-17(15(10-11)25-8-6-21)19(23)16-12(18(13)22)3-2-4-14(16)24-7-5-20;2-1-3/h2-4,9-10H,5-8,20-21H2,1H3;1H,(H2,2,3). The number of hydrogen-bond acceptors (Lipinski definition) is 7. The van der Waals surface area contributed by atoms with E-state index in [9.17, 15) is 9.59 Å². The van der Waals surface area contributed by atoms with Gasteiger partial charge in [-0.25, -0.2) is 0 Å². The summed E-state index contributed by atoms with van der Waals surface area (Å²) in [5, 5.41) is 0. The van der Waals surface area contributed by atoms with Gasteiger partial charge in [0.2, 0.25) is 12.2 Å². The van der Waals surface area contributed by atoms with Crippen molar-refractivity contribution in [2.75, 3.05) is 26.3 Å². The highest BCUT2D eigenvalue weighted by Crippen LogP contribution is 2.38. The predicted molar refractivity (Wildman–Crippen MR) is 104 cm³/mol. The molecule has 148 valence electrons. The summed E-state index contributed by atoms with van der Waals surface area (Å²) in [6, 6.07) is 8.45. The number of rotatable bonds is 6. The molecular weight excluding hydrogens is 362 g/mol. The van der Waals surface area contributed by atoms with E-state index in [-0.39, 0.29) is 42.3 Å². The number of ether oxygens (including phenoxy) is 2. The van der Waals surface area contributed by atoms with E-state index in [1.54, 1.807) is 30.3 Å². The summed E-state index contributed by atoms with van der Waals surface area (Å²) < 4.78 is 11.2. The van der Waals surface area contributed by atoms with Crippen LogP contribution in [0.3, 0.4) is 0 Å². The number of carbonyl (C=O) groups excluding carboxylic acids is 3. The fourth-order valence-corrected chi connectivity index (χ4v) is 2.96. The van der Waals surface area contributed by atoms with Gasteiger partial charge >= 0.3 is 0 Å². The fraction of sp³-hybridized carbons (Fsp3) is 0.250. The maximum atomic E-state index is 13.2. The normalized spacial score (nSPS) is 11.7. The Balaban J connectivity index is 0.000000878. The Morgan fingerprint density at radius 3 is 2.07 bits per heavy atom. The SMILES string of the molecule is Cc1cc(OCCN)c2c(c1)C(=O)c1cccc(OCCN)c1C2=O.NC=O. The number of aryl methyl sites for hydroxylation is 1. The number of carbonyl (C=O) groups is 3. The highest BCUT2D eigenvalue weighted by atomic mass is 16.5. The molecule has 0 aliphatic heterocycles. The van der Waals surface area contributed by atoms with E-state index in [2.05, 4.69) is 5.73 Å². The molecular formula is C20H23N3O5. The van der Waals surface area contributed by atoms with Crippen molar-refractivity contribution in [1.82, 2.24) is 0 Å². The van der Waals surface area contributed by atoms with Crippen LogP contribution >= 0.6 is 0 Å². The summed E-state index contributed by atoms with van der Waals surface area (Å²) in [5.41, 5.74) is 17.2. The smallest absolute Gasteiger partial charge is 0.204 e. The first kappa shape index (κ1) is 21.1. The number of hydrogen-bond donors (Lipinski definition) is 3. The lowest BCUT2D eigenvalue weighted by Crippen LogP contribution is -2.24. The predicted octanol–water partition coefficient (Wildman–Crippen LogP) is 0.547. The highest BCUT2D eigenvalue weighted by Gasteiger charge is 2.35. The second-order valence-electron chi connectivity index (χ2n) is 5.93. The van der Waals surface area contributed by atoms with Gasteiger partial charge in [0.05, 0.1) is 11.1 Å². The molecule has 0 aromatic heterocycles. The monoisotopic (exact) mass is 385 g/mol. The average Bonchev–Trinajstić information content (AvgIpc) is 2.68. The van der Waals surface area contributed by atoms with Gasteiger partial charge in [0.25, 0.3) is 0 Å². The van der Waals surface area contributed by atoms with E-state index in [1.165, 1.54) is 0 Å². The van der Waals surface area contributed by atoms with Crippen LogP contribution in [0.2, 0.25) is 0 Å². The lowest BCUT2D eigenvalue weighted by atomic mass is 9.82. The van der Waals surface area contributed by atoms with Crippen LogP contribution < -0.4 is 26.7 Å². The molecule has 0 radical (unpaired) electrons. The average molecular weight is 385 g/mol. The second-order valence-corrected chi connectivity index (χ2v) is 5.93.